The Kier molecular flexibility index (Phi) is 8.72. The van der Waals surface area contributed by atoms with Gasteiger partial charge in [0.05, 0.1) is 26.3 Å². The van der Waals surface area contributed by atoms with Gasteiger partial charge in [-0.15, -0.1) is 0 Å². The molecule has 0 unspecified atom stereocenters. The number of thioether (sulfide) groups is 1. The monoisotopic (exact) mass is 652 g/mol. The number of imide groups is 1. The van der Waals surface area contributed by atoms with E-state index in [0.29, 0.717) is 31.3 Å². The Bertz CT molecular complexity index is 1400. The van der Waals surface area contributed by atoms with E-state index >= 15 is 0 Å². The first-order valence-electron chi connectivity index (χ1n) is 10.8. The number of para-hydroxylation sites is 1. The number of carbonyl (C=O) groups is 3. The van der Waals surface area contributed by atoms with Gasteiger partial charge in [0.2, 0.25) is 5.91 Å². The van der Waals surface area contributed by atoms with Crippen molar-refractivity contribution >= 4 is 74.8 Å². The second-order valence-corrected chi connectivity index (χ2v) is 10.3. The average molecular weight is 653 g/mol. The lowest BCUT2D eigenvalue weighted by atomic mass is 10.1. The van der Waals surface area contributed by atoms with Gasteiger partial charge in [0.25, 0.3) is 11.1 Å². The number of ether oxygens (including phenoxy) is 2. The van der Waals surface area contributed by atoms with E-state index in [-0.39, 0.29) is 17.3 Å². The SMILES string of the molecule is COc1cc(/C=C2/SC(=O)N(CC(=O)Nc3ccccc3Cl)C2=O)cc(I)c1OCc1ccc(F)cc1. The van der Waals surface area contributed by atoms with E-state index in [1.807, 2.05) is 0 Å². The van der Waals surface area contributed by atoms with Crippen molar-refractivity contribution in [3.8, 4) is 11.5 Å². The molecule has 37 heavy (non-hydrogen) atoms. The highest BCUT2D eigenvalue weighted by atomic mass is 127. The Balaban J connectivity index is 1.47. The maximum atomic E-state index is 13.1. The number of hydrogen-bond acceptors (Lipinski definition) is 6. The summed E-state index contributed by atoms with van der Waals surface area (Å²) >= 11 is 8.88. The fraction of sp³-hybridized carbons (Fsp3) is 0.115. The highest BCUT2D eigenvalue weighted by molar-refractivity contribution is 14.1. The molecule has 0 spiro atoms. The van der Waals surface area contributed by atoms with Crippen LogP contribution in [0.15, 0.2) is 65.6 Å². The van der Waals surface area contributed by atoms with E-state index in [1.165, 1.54) is 19.2 Å². The lowest BCUT2D eigenvalue weighted by molar-refractivity contribution is -0.127. The van der Waals surface area contributed by atoms with E-state index in [2.05, 4.69) is 27.9 Å². The maximum absolute atomic E-state index is 13.1. The Morgan fingerprint density at radius 1 is 1.16 bits per heavy atom. The van der Waals surface area contributed by atoms with Crippen LogP contribution in [-0.4, -0.2) is 35.6 Å². The molecule has 4 rings (SSSR count). The third-order valence-electron chi connectivity index (χ3n) is 5.17. The molecule has 1 N–H and O–H groups in total. The first-order chi connectivity index (χ1) is 17.7. The second-order valence-electron chi connectivity index (χ2n) is 7.75. The van der Waals surface area contributed by atoms with Crippen molar-refractivity contribution in [3.63, 3.8) is 0 Å². The lowest BCUT2D eigenvalue weighted by Crippen LogP contribution is -2.36. The predicted octanol–water partition coefficient (Wildman–Crippen LogP) is 6.35. The summed E-state index contributed by atoms with van der Waals surface area (Å²) in [6, 6.07) is 16.1. The molecule has 7 nitrogen and oxygen atoms in total. The van der Waals surface area contributed by atoms with Crippen molar-refractivity contribution in [3.05, 3.63) is 91.1 Å². The summed E-state index contributed by atoms with van der Waals surface area (Å²) in [5.74, 6) is -0.524. The zero-order valence-electron chi connectivity index (χ0n) is 19.3. The van der Waals surface area contributed by atoms with Gasteiger partial charge >= 0.3 is 0 Å². The Hall–Kier alpha value is -3.09. The molecule has 1 aliphatic rings. The maximum Gasteiger partial charge on any atom is 0.294 e. The molecule has 3 amide bonds. The van der Waals surface area contributed by atoms with Crippen LogP contribution in [0.5, 0.6) is 11.5 Å². The quantitative estimate of drug-likeness (QED) is 0.226. The summed E-state index contributed by atoms with van der Waals surface area (Å²) in [4.78, 5) is 38.8. The second kappa shape index (κ2) is 12.0. The average Bonchev–Trinajstić information content (AvgIpc) is 3.12. The van der Waals surface area contributed by atoms with Gasteiger partial charge in [0.1, 0.15) is 19.0 Å². The minimum absolute atomic E-state index is 0.174. The molecule has 0 atom stereocenters. The van der Waals surface area contributed by atoms with E-state index in [0.717, 1.165) is 22.2 Å². The summed E-state index contributed by atoms with van der Waals surface area (Å²) in [6.07, 6.45) is 1.56. The van der Waals surface area contributed by atoms with Gasteiger partial charge in [-0.3, -0.25) is 19.3 Å². The molecule has 1 heterocycles. The number of nitrogens with one attached hydrogen (secondary N) is 1. The van der Waals surface area contributed by atoms with Crippen LogP contribution in [0.4, 0.5) is 14.9 Å². The van der Waals surface area contributed by atoms with E-state index in [4.69, 9.17) is 21.1 Å². The molecule has 11 heteroatoms. The van der Waals surface area contributed by atoms with Gasteiger partial charge in [-0.1, -0.05) is 35.9 Å². The minimum atomic E-state index is -0.574. The molecule has 0 saturated carbocycles. The standard InChI is InChI=1S/C26H19ClFIN2O5S/c1-35-21-11-16(10-19(29)24(21)36-14-15-6-8-17(28)9-7-15)12-22-25(33)31(26(34)37-22)13-23(32)30-20-5-3-2-4-18(20)27/h2-12H,13-14H2,1H3,(H,30,32)/b22-12+. The van der Waals surface area contributed by atoms with Crippen molar-refractivity contribution in [2.45, 2.75) is 6.61 Å². The molecule has 0 aliphatic carbocycles. The lowest BCUT2D eigenvalue weighted by Gasteiger charge is -2.14. The number of anilines is 1. The van der Waals surface area contributed by atoms with E-state index in [1.54, 1.807) is 54.6 Å². The summed E-state index contributed by atoms with van der Waals surface area (Å²) < 4.78 is 25.2. The van der Waals surface area contributed by atoms with Gasteiger partial charge in [-0.05, 0) is 88.0 Å². The molecule has 0 bridgehead atoms. The molecule has 3 aromatic rings. The van der Waals surface area contributed by atoms with Crippen molar-refractivity contribution in [2.24, 2.45) is 0 Å². The third kappa shape index (κ3) is 6.62. The number of methoxy groups -OCH3 is 1. The Morgan fingerprint density at radius 2 is 1.89 bits per heavy atom. The first-order valence-corrected chi connectivity index (χ1v) is 13.1. The Morgan fingerprint density at radius 3 is 2.59 bits per heavy atom. The number of halogens is 3. The van der Waals surface area contributed by atoms with Crippen LogP contribution in [-0.2, 0) is 16.2 Å². The fourth-order valence-electron chi connectivity index (χ4n) is 3.38. The van der Waals surface area contributed by atoms with Gasteiger partial charge in [-0.2, -0.15) is 0 Å². The van der Waals surface area contributed by atoms with Gasteiger partial charge in [0, 0.05) is 0 Å². The van der Waals surface area contributed by atoms with Crippen molar-refractivity contribution in [1.29, 1.82) is 0 Å². The summed E-state index contributed by atoms with van der Waals surface area (Å²) in [6.45, 7) is -0.231. The summed E-state index contributed by atoms with van der Waals surface area (Å²) in [7, 11) is 1.49. The fourth-order valence-corrected chi connectivity index (χ4v) is 5.19. The zero-order chi connectivity index (χ0) is 26.5. The van der Waals surface area contributed by atoms with Crippen LogP contribution in [0.2, 0.25) is 5.02 Å². The van der Waals surface area contributed by atoms with Crippen LogP contribution < -0.4 is 14.8 Å². The number of benzene rings is 3. The van der Waals surface area contributed by atoms with E-state index < -0.39 is 23.6 Å². The first kappa shape index (κ1) is 27.0. The van der Waals surface area contributed by atoms with Gasteiger partial charge in [-0.25, -0.2) is 4.39 Å². The number of carbonyl (C=O) groups excluding carboxylic acids is 3. The van der Waals surface area contributed by atoms with Crippen molar-refractivity contribution < 1.29 is 28.2 Å². The van der Waals surface area contributed by atoms with Crippen LogP contribution >= 0.6 is 46.0 Å². The number of rotatable bonds is 8. The molecule has 3 aromatic carbocycles. The predicted molar refractivity (Wildman–Crippen MR) is 149 cm³/mol. The van der Waals surface area contributed by atoms with E-state index in [9.17, 15) is 18.8 Å². The third-order valence-corrected chi connectivity index (χ3v) is 7.21. The molecule has 1 aliphatic heterocycles. The highest BCUT2D eigenvalue weighted by Crippen LogP contribution is 2.37. The molecule has 190 valence electrons. The van der Waals surface area contributed by atoms with Gasteiger partial charge < -0.3 is 14.8 Å². The Labute approximate surface area is 235 Å². The van der Waals surface area contributed by atoms with Crippen LogP contribution in [0.25, 0.3) is 6.08 Å². The number of amides is 3. The number of hydrogen-bond donors (Lipinski definition) is 1. The summed E-state index contributed by atoms with van der Waals surface area (Å²) in [5.41, 5.74) is 1.79. The topological polar surface area (TPSA) is 84.9 Å². The molecule has 0 aromatic heterocycles. The van der Waals surface area contributed by atoms with Crippen molar-refractivity contribution in [2.75, 3.05) is 19.0 Å². The molecule has 0 radical (unpaired) electrons. The molecule has 1 fully saturated rings. The van der Waals surface area contributed by atoms with Crippen LogP contribution in [0, 0.1) is 9.39 Å². The van der Waals surface area contributed by atoms with Crippen molar-refractivity contribution in [1.82, 2.24) is 4.90 Å². The molecular weight excluding hydrogens is 634 g/mol. The zero-order valence-corrected chi connectivity index (χ0v) is 23.0. The highest BCUT2D eigenvalue weighted by Gasteiger charge is 2.36. The normalized spacial score (nSPS) is 14.3. The molecule has 1 saturated heterocycles. The largest absolute Gasteiger partial charge is 0.493 e. The van der Waals surface area contributed by atoms with Crippen LogP contribution in [0.3, 0.4) is 0 Å². The number of nitrogens with zero attached hydrogens (tertiary/aromatic N) is 1. The summed E-state index contributed by atoms with van der Waals surface area (Å²) in [5, 5.41) is 2.40. The minimum Gasteiger partial charge on any atom is -0.493 e. The smallest absolute Gasteiger partial charge is 0.294 e. The van der Waals surface area contributed by atoms with Crippen LogP contribution in [0.1, 0.15) is 11.1 Å². The van der Waals surface area contributed by atoms with Gasteiger partial charge in [0.15, 0.2) is 11.5 Å². The molecular formula is C26H19ClFIN2O5S.